The maximum Gasteiger partial charge on any atom is 0.221 e. The molecule has 1 saturated carbocycles. The predicted molar refractivity (Wildman–Crippen MR) is 95.6 cm³/mol. The van der Waals surface area contributed by atoms with Gasteiger partial charge >= 0.3 is 0 Å². The van der Waals surface area contributed by atoms with E-state index in [1.54, 1.807) is 0 Å². The molecule has 1 aromatic carbocycles. The third kappa shape index (κ3) is 5.05. The molecular weight excluding hydrogens is 322 g/mol. The number of carbonyl (C=O) groups excluding carboxylic acids is 1. The summed E-state index contributed by atoms with van der Waals surface area (Å²) >= 11 is 6.11. The molecule has 1 aliphatic carbocycles. The lowest BCUT2D eigenvalue weighted by molar-refractivity contribution is -0.121. The average molecular weight is 344 g/mol. The summed E-state index contributed by atoms with van der Waals surface area (Å²) in [5.41, 5.74) is 2.19. The van der Waals surface area contributed by atoms with Crippen molar-refractivity contribution in [3.63, 3.8) is 0 Å². The third-order valence-electron chi connectivity index (χ3n) is 4.26. The van der Waals surface area contributed by atoms with E-state index in [0.717, 1.165) is 18.7 Å². The molecule has 126 valence electrons. The second-order valence-electron chi connectivity index (χ2n) is 6.18. The van der Waals surface area contributed by atoms with Crippen LogP contribution in [0.2, 0.25) is 5.02 Å². The molecule has 5 heteroatoms. The van der Waals surface area contributed by atoms with Gasteiger partial charge in [-0.05, 0) is 42.2 Å². The zero-order valence-electron chi connectivity index (χ0n) is 13.6. The molecule has 0 saturated heterocycles. The maximum atomic E-state index is 12.1. The molecule has 0 radical (unpaired) electrons. The van der Waals surface area contributed by atoms with Gasteiger partial charge in [-0.1, -0.05) is 29.8 Å². The SMILES string of the molecule is O=C(CCN(Cc1ccncc1)C1CC1)NCc1ccccc1Cl. The fourth-order valence-corrected chi connectivity index (χ4v) is 2.92. The van der Waals surface area contributed by atoms with E-state index in [0.29, 0.717) is 24.0 Å². The number of hydrogen-bond donors (Lipinski definition) is 1. The lowest BCUT2D eigenvalue weighted by atomic mass is 10.2. The summed E-state index contributed by atoms with van der Waals surface area (Å²) in [7, 11) is 0. The van der Waals surface area contributed by atoms with E-state index in [4.69, 9.17) is 11.6 Å². The molecule has 4 nitrogen and oxygen atoms in total. The van der Waals surface area contributed by atoms with E-state index in [1.807, 2.05) is 48.8 Å². The molecule has 1 fully saturated rings. The number of benzene rings is 1. The lowest BCUT2D eigenvalue weighted by Crippen LogP contribution is -2.31. The van der Waals surface area contributed by atoms with Crippen molar-refractivity contribution >= 4 is 17.5 Å². The van der Waals surface area contributed by atoms with Gasteiger partial charge < -0.3 is 5.32 Å². The van der Waals surface area contributed by atoms with E-state index >= 15 is 0 Å². The van der Waals surface area contributed by atoms with Crippen LogP contribution in [0.25, 0.3) is 0 Å². The third-order valence-corrected chi connectivity index (χ3v) is 4.63. The highest BCUT2D eigenvalue weighted by atomic mass is 35.5. The Morgan fingerprint density at radius 3 is 2.67 bits per heavy atom. The van der Waals surface area contributed by atoms with Crippen LogP contribution in [0.3, 0.4) is 0 Å². The van der Waals surface area contributed by atoms with Crippen molar-refractivity contribution in [2.75, 3.05) is 6.54 Å². The summed E-state index contributed by atoms with van der Waals surface area (Å²) in [4.78, 5) is 18.6. The molecule has 1 aliphatic rings. The average Bonchev–Trinajstić information content (AvgIpc) is 3.44. The fourth-order valence-electron chi connectivity index (χ4n) is 2.72. The van der Waals surface area contributed by atoms with E-state index in [9.17, 15) is 4.79 Å². The number of nitrogens with one attached hydrogen (secondary N) is 1. The molecule has 0 atom stereocenters. The van der Waals surface area contributed by atoms with Gasteiger partial charge in [0.05, 0.1) is 0 Å². The summed E-state index contributed by atoms with van der Waals surface area (Å²) in [5, 5.41) is 3.65. The van der Waals surface area contributed by atoms with Crippen LogP contribution in [0, 0.1) is 0 Å². The molecule has 0 aliphatic heterocycles. The number of carbonyl (C=O) groups is 1. The van der Waals surface area contributed by atoms with Gasteiger partial charge in [-0.2, -0.15) is 0 Å². The van der Waals surface area contributed by atoms with Gasteiger partial charge in [0.1, 0.15) is 0 Å². The zero-order valence-corrected chi connectivity index (χ0v) is 14.4. The molecule has 1 N–H and O–H groups in total. The first kappa shape index (κ1) is 16.9. The molecule has 24 heavy (non-hydrogen) atoms. The van der Waals surface area contributed by atoms with Gasteiger partial charge in [0.15, 0.2) is 0 Å². The van der Waals surface area contributed by atoms with Crippen LogP contribution in [0.5, 0.6) is 0 Å². The Balaban J connectivity index is 1.46. The number of aromatic nitrogens is 1. The van der Waals surface area contributed by atoms with Crippen LogP contribution >= 0.6 is 11.6 Å². The predicted octanol–water partition coefficient (Wildman–Crippen LogP) is 3.41. The molecule has 1 amide bonds. The van der Waals surface area contributed by atoms with Crippen LogP contribution in [-0.2, 0) is 17.9 Å². The minimum absolute atomic E-state index is 0.0651. The maximum absolute atomic E-state index is 12.1. The highest BCUT2D eigenvalue weighted by Crippen LogP contribution is 2.28. The minimum Gasteiger partial charge on any atom is -0.352 e. The van der Waals surface area contributed by atoms with Crippen LogP contribution in [0.15, 0.2) is 48.8 Å². The fraction of sp³-hybridized carbons (Fsp3) is 0.368. The van der Waals surface area contributed by atoms with Crippen molar-refractivity contribution in [3.8, 4) is 0 Å². The molecule has 1 aromatic heterocycles. The van der Waals surface area contributed by atoms with Crippen LogP contribution in [0.4, 0.5) is 0 Å². The van der Waals surface area contributed by atoms with Crippen molar-refractivity contribution in [2.24, 2.45) is 0 Å². The second kappa shape index (κ2) is 8.27. The largest absolute Gasteiger partial charge is 0.352 e. The second-order valence-corrected chi connectivity index (χ2v) is 6.58. The Morgan fingerprint density at radius 2 is 1.96 bits per heavy atom. The molecule has 3 rings (SSSR count). The van der Waals surface area contributed by atoms with Crippen molar-refractivity contribution < 1.29 is 4.79 Å². The summed E-state index contributed by atoms with van der Waals surface area (Å²) < 4.78 is 0. The number of nitrogens with zero attached hydrogens (tertiary/aromatic N) is 2. The minimum atomic E-state index is 0.0651. The summed E-state index contributed by atoms with van der Waals surface area (Å²) in [6.45, 7) is 2.14. The smallest absolute Gasteiger partial charge is 0.221 e. The lowest BCUT2D eigenvalue weighted by Gasteiger charge is -2.21. The molecule has 0 bridgehead atoms. The number of amides is 1. The monoisotopic (exact) mass is 343 g/mol. The van der Waals surface area contributed by atoms with E-state index in [1.165, 1.54) is 18.4 Å². The first-order valence-corrected chi connectivity index (χ1v) is 8.73. The molecule has 0 spiro atoms. The Bertz CT molecular complexity index is 673. The Hall–Kier alpha value is -1.91. The van der Waals surface area contributed by atoms with Crippen molar-refractivity contribution in [2.45, 2.75) is 38.4 Å². The van der Waals surface area contributed by atoms with Gasteiger partial charge in [0.2, 0.25) is 5.91 Å². The van der Waals surface area contributed by atoms with Crippen LogP contribution < -0.4 is 5.32 Å². The number of pyridine rings is 1. The number of hydrogen-bond acceptors (Lipinski definition) is 3. The van der Waals surface area contributed by atoms with Gasteiger partial charge in [-0.3, -0.25) is 14.7 Å². The molecule has 0 unspecified atom stereocenters. The quantitative estimate of drug-likeness (QED) is 0.799. The number of halogens is 1. The molecule has 2 aromatic rings. The summed E-state index contributed by atoms with van der Waals surface area (Å²) in [5.74, 6) is 0.0651. The Kier molecular flexibility index (Phi) is 5.83. The molecule has 1 heterocycles. The normalized spacial score (nSPS) is 13.9. The van der Waals surface area contributed by atoms with Gasteiger partial charge in [-0.25, -0.2) is 0 Å². The van der Waals surface area contributed by atoms with Gasteiger partial charge in [0, 0.05) is 49.5 Å². The van der Waals surface area contributed by atoms with Gasteiger partial charge in [0.25, 0.3) is 0 Å². The summed E-state index contributed by atoms with van der Waals surface area (Å²) in [6, 6.07) is 12.3. The Labute approximate surface area is 147 Å². The van der Waals surface area contributed by atoms with E-state index < -0.39 is 0 Å². The first-order valence-electron chi connectivity index (χ1n) is 8.35. The highest BCUT2D eigenvalue weighted by Gasteiger charge is 2.28. The molecular formula is C19H22ClN3O. The van der Waals surface area contributed by atoms with Crippen molar-refractivity contribution in [3.05, 3.63) is 64.9 Å². The van der Waals surface area contributed by atoms with Crippen LogP contribution in [0.1, 0.15) is 30.4 Å². The Morgan fingerprint density at radius 1 is 1.21 bits per heavy atom. The number of rotatable bonds is 8. The standard InChI is InChI=1S/C19H22ClN3O/c20-18-4-2-1-3-16(18)13-22-19(24)9-12-23(17-5-6-17)14-15-7-10-21-11-8-15/h1-4,7-8,10-11,17H,5-6,9,12-14H2,(H,22,24). The topological polar surface area (TPSA) is 45.2 Å². The van der Waals surface area contributed by atoms with Crippen LogP contribution in [-0.4, -0.2) is 28.4 Å². The highest BCUT2D eigenvalue weighted by molar-refractivity contribution is 6.31. The zero-order chi connectivity index (χ0) is 16.8. The van der Waals surface area contributed by atoms with E-state index in [-0.39, 0.29) is 5.91 Å². The van der Waals surface area contributed by atoms with Crippen molar-refractivity contribution in [1.29, 1.82) is 0 Å². The van der Waals surface area contributed by atoms with Gasteiger partial charge in [-0.15, -0.1) is 0 Å². The first-order chi connectivity index (χ1) is 11.7. The van der Waals surface area contributed by atoms with E-state index in [2.05, 4.69) is 15.2 Å². The summed E-state index contributed by atoms with van der Waals surface area (Å²) in [6.07, 6.45) is 6.60. The van der Waals surface area contributed by atoms with Crippen molar-refractivity contribution in [1.82, 2.24) is 15.2 Å².